The van der Waals surface area contributed by atoms with Crippen molar-refractivity contribution in [1.29, 1.82) is 0 Å². The van der Waals surface area contributed by atoms with Gasteiger partial charge in [0, 0.05) is 12.8 Å². The molecule has 0 N–H and O–H groups in total. The van der Waals surface area contributed by atoms with Crippen LogP contribution in [0.3, 0.4) is 0 Å². The number of tetrazole rings is 1. The second-order valence-corrected chi connectivity index (χ2v) is 7.54. The monoisotopic (exact) mass is 444 g/mol. The number of ether oxygens (including phenoxy) is 1. The van der Waals surface area contributed by atoms with Crippen molar-refractivity contribution in [2.45, 2.75) is 24.4 Å². The minimum Gasteiger partial charge on any atom is -0.435 e. The number of halogens is 2. The Morgan fingerprint density at radius 2 is 1.90 bits per heavy atom. The van der Waals surface area contributed by atoms with Gasteiger partial charge in [0.15, 0.2) is 5.69 Å². The topological polar surface area (TPSA) is 79.8 Å². The molecular formula is C20H18F2N6O2S. The lowest BCUT2D eigenvalue weighted by Gasteiger charge is -2.07. The van der Waals surface area contributed by atoms with Crippen LogP contribution in [0.25, 0.3) is 11.4 Å². The van der Waals surface area contributed by atoms with Gasteiger partial charge < -0.3 is 4.74 Å². The van der Waals surface area contributed by atoms with Gasteiger partial charge in [0.2, 0.25) is 5.16 Å². The first kappa shape index (κ1) is 20.8. The molecule has 0 saturated carbocycles. The van der Waals surface area contributed by atoms with Gasteiger partial charge in [-0.25, -0.2) is 4.68 Å². The smallest absolute Gasteiger partial charge is 0.387 e. The van der Waals surface area contributed by atoms with Crippen molar-refractivity contribution in [1.82, 2.24) is 29.6 Å². The molecule has 11 heteroatoms. The number of nitrogens with zero attached hydrogens (tertiary/aromatic N) is 6. The SMILES string of the molecule is Cc1c(-n2nnnc2SCc2cccc(OC(F)F)c2)c(=O)n(-c2ccccc2)n1C. The van der Waals surface area contributed by atoms with E-state index < -0.39 is 6.61 Å². The minimum atomic E-state index is -2.89. The van der Waals surface area contributed by atoms with Crippen LogP contribution in [-0.2, 0) is 12.8 Å². The van der Waals surface area contributed by atoms with E-state index in [-0.39, 0.29) is 11.3 Å². The number of hydrogen-bond donors (Lipinski definition) is 0. The molecule has 0 fully saturated rings. The maximum absolute atomic E-state index is 13.2. The maximum Gasteiger partial charge on any atom is 0.387 e. The van der Waals surface area contributed by atoms with Crippen molar-refractivity contribution in [2.75, 3.05) is 0 Å². The zero-order valence-electron chi connectivity index (χ0n) is 16.6. The van der Waals surface area contributed by atoms with E-state index in [1.807, 2.05) is 37.3 Å². The molecule has 4 aromatic rings. The van der Waals surface area contributed by atoms with Crippen LogP contribution in [0.15, 0.2) is 64.5 Å². The minimum absolute atomic E-state index is 0.0809. The maximum atomic E-state index is 13.2. The Hall–Kier alpha value is -3.47. The van der Waals surface area contributed by atoms with Crippen molar-refractivity contribution in [3.8, 4) is 17.1 Å². The normalized spacial score (nSPS) is 11.3. The standard InChI is InChI=1S/C20H18F2N6O2S/c1-13-17(18(29)28(26(13)2)15-8-4-3-5-9-15)27-20(23-24-25-27)31-12-14-7-6-10-16(11-14)30-19(21)22/h3-11,19H,12H2,1-2H3. The summed E-state index contributed by atoms with van der Waals surface area (Å²) in [4.78, 5) is 13.2. The summed E-state index contributed by atoms with van der Waals surface area (Å²) in [5.41, 5.74) is 2.25. The fourth-order valence-corrected chi connectivity index (χ4v) is 3.99. The van der Waals surface area contributed by atoms with Gasteiger partial charge in [0.25, 0.3) is 5.56 Å². The third-order valence-corrected chi connectivity index (χ3v) is 5.66. The van der Waals surface area contributed by atoms with E-state index in [0.29, 0.717) is 22.3 Å². The molecule has 8 nitrogen and oxygen atoms in total. The Morgan fingerprint density at radius 3 is 2.65 bits per heavy atom. The highest BCUT2D eigenvalue weighted by atomic mass is 32.2. The van der Waals surface area contributed by atoms with E-state index in [9.17, 15) is 13.6 Å². The van der Waals surface area contributed by atoms with E-state index in [1.165, 1.54) is 28.6 Å². The second-order valence-electron chi connectivity index (χ2n) is 6.60. The molecule has 31 heavy (non-hydrogen) atoms. The predicted molar refractivity (Wildman–Crippen MR) is 111 cm³/mol. The summed E-state index contributed by atoms with van der Waals surface area (Å²) in [7, 11) is 1.79. The molecule has 0 aliphatic heterocycles. The van der Waals surface area contributed by atoms with Crippen LogP contribution in [0.1, 0.15) is 11.3 Å². The van der Waals surface area contributed by atoms with Crippen molar-refractivity contribution in [2.24, 2.45) is 7.05 Å². The molecule has 2 heterocycles. The van der Waals surface area contributed by atoms with Crippen LogP contribution >= 0.6 is 11.8 Å². The largest absolute Gasteiger partial charge is 0.435 e. The molecule has 2 aromatic carbocycles. The Kier molecular flexibility index (Phi) is 5.85. The molecule has 0 amide bonds. The summed E-state index contributed by atoms with van der Waals surface area (Å²) in [6.07, 6.45) is 0. The average Bonchev–Trinajstić information content (AvgIpc) is 3.29. The Morgan fingerprint density at radius 1 is 1.13 bits per heavy atom. The average molecular weight is 444 g/mol. The highest BCUT2D eigenvalue weighted by molar-refractivity contribution is 7.98. The Balaban J connectivity index is 1.63. The Labute approximate surface area is 180 Å². The van der Waals surface area contributed by atoms with Crippen molar-refractivity contribution in [3.05, 3.63) is 76.2 Å². The number of benzene rings is 2. The van der Waals surface area contributed by atoms with Crippen molar-refractivity contribution in [3.63, 3.8) is 0 Å². The summed E-state index contributed by atoms with van der Waals surface area (Å²) in [5.74, 6) is 0.483. The van der Waals surface area contributed by atoms with Gasteiger partial charge in [0.1, 0.15) is 5.75 Å². The number of rotatable bonds is 7. The van der Waals surface area contributed by atoms with E-state index in [2.05, 4.69) is 20.3 Å². The number of para-hydroxylation sites is 1. The van der Waals surface area contributed by atoms with Crippen LogP contribution in [0.4, 0.5) is 8.78 Å². The van der Waals surface area contributed by atoms with Crippen molar-refractivity contribution < 1.29 is 13.5 Å². The molecule has 0 aliphatic rings. The Bertz CT molecular complexity index is 1250. The highest BCUT2D eigenvalue weighted by Crippen LogP contribution is 2.25. The molecular weight excluding hydrogens is 426 g/mol. The van der Waals surface area contributed by atoms with E-state index in [0.717, 1.165) is 11.3 Å². The predicted octanol–water partition coefficient (Wildman–Crippen LogP) is 3.35. The number of aromatic nitrogens is 6. The number of thioether (sulfide) groups is 1. The lowest BCUT2D eigenvalue weighted by Crippen LogP contribution is -2.22. The zero-order valence-corrected chi connectivity index (χ0v) is 17.5. The summed E-state index contributed by atoms with van der Waals surface area (Å²) < 4.78 is 34.0. The third-order valence-electron chi connectivity index (χ3n) is 4.67. The number of alkyl halides is 2. The summed E-state index contributed by atoms with van der Waals surface area (Å²) in [6, 6.07) is 15.7. The van der Waals surface area contributed by atoms with E-state index in [1.54, 1.807) is 28.5 Å². The third kappa shape index (κ3) is 4.22. The van der Waals surface area contributed by atoms with Crippen molar-refractivity contribution >= 4 is 11.8 Å². The van der Waals surface area contributed by atoms with Crippen LogP contribution < -0.4 is 10.3 Å². The van der Waals surface area contributed by atoms with Gasteiger partial charge in [-0.1, -0.05) is 42.1 Å². The van der Waals surface area contributed by atoms with Gasteiger partial charge in [-0.15, -0.1) is 5.10 Å². The quantitative estimate of drug-likeness (QED) is 0.407. The van der Waals surface area contributed by atoms with Crippen LogP contribution in [0.2, 0.25) is 0 Å². The van der Waals surface area contributed by atoms with E-state index >= 15 is 0 Å². The first-order valence-electron chi connectivity index (χ1n) is 9.25. The van der Waals surface area contributed by atoms with Crippen LogP contribution in [-0.4, -0.2) is 36.2 Å². The summed E-state index contributed by atoms with van der Waals surface area (Å²) in [5, 5.41) is 12.2. The second kappa shape index (κ2) is 8.72. The first-order valence-corrected chi connectivity index (χ1v) is 10.2. The van der Waals surface area contributed by atoms with Crippen LogP contribution in [0.5, 0.6) is 5.75 Å². The molecule has 0 unspecified atom stereocenters. The zero-order chi connectivity index (χ0) is 22.0. The highest BCUT2D eigenvalue weighted by Gasteiger charge is 2.22. The molecule has 0 saturated heterocycles. The van der Waals surface area contributed by atoms with Gasteiger partial charge in [-0.05, 0) is 47.2 Å². The molecule has 4 rings (SSSR count). The lowest BCUT2D eigenvalue weighted by atomic mass is 10.2. The van der Waals surface area contributed by atoms with Gasteiger partial charge >= 0.3 is 6.61 Å². The van der Waals surface area contributed by atoms with Gasteiger partial charge in [-0.3, -0.25) is 9.48 Å². The lowest BCUT2D eigenvalue weighted by molar-refractivity contribution is -0.0498. The number of hydrogen-bond acceptors (Lipinski definition) is 6. The van der Waals surface area contributed by atoms with E-state index in [4.69, 9.17) is 0 Å². The van der Waals surface area contributed by atoms with Crippen LogP contribution in [0, 0.1) is 6.92 Å². The molecule has 2 aromatic heterocycles. The fourth-order valence-electron chi connectivity index (χ4n) is 3.17. The fraction of sp³-hybridized carbons (Fsp3) is 0.200. The molecule has 160 valence electrons. The van der Waals surface area contributed by atoms with Gasteiger partial charge in [0.05, 0.1) is 11.4 Å². The summed E-state index contributed by atoms with van der Waals surface area (Å²) in [6.45, 7) is -1.07. The van der Waals surface area contributed by atoms with Gasteiger partial charge in [-0.2, -0.15) is 13.5 Å². The molecule has 0 spiro atoms. The molecule has 0 aliphatic carbocycles. The molecule has 0 radical (unpaired) electrons. The molecule has 0 bridgehead atoms. The molecule has 0 atom stereocenters. The summed E-state index contributed by atoms with van der Waals surface area (Å²) >= 11 is 1.28. The first-order chi connectivity index (χ1) is 15.0.